The Morgan fingerprint density at radius 2 is 1.91 bits per heavy atom. The van der Waals surface area contributed by atoms with Crippen LogP contribution in [0.4, 0.5) is 26.3 Å². The van der Waals surface area contributed by atoms with Crippen LogP contribution in [0, 0.1) is 17.1 Å². The van der Waals surface area contributed by atoms with E-state index in [1.807, 2.05) is 6.07 Å². The average molecular weight is 503 g/mol. The zero-order valence-corrected chi connectivity index (χ0v) is 18.4. The van der Waals surface area contributed by atoms with Crippen LogP contribution in [0.5, 0.6) is 0 Å². The molecule has 5 rings (SSSR count). The minimum atomic E-state index is -4.78. The number of allylic oxidation sites excluding steroid dienone is 2. The fourth-order valence-electron chi connectivity index (χ4n) is 4.79. The molecule has 0 aromatic heterocycles. The molecule has 1 aromatic rings. The molecule has 3 aliphatic heterocycles. The fraction of sp³-hybridized carbons (Fsp3) is 0.429. The molecule has 0 bridgehead atoms. The SMILES string of the molecule is N#Cc1ccc2c(c1F)C1(CC[C@@]23CN2C=C(C(F)(F)F)C=C(OC(F)F)C2=N3)SCCS1. The summed E-state index contributed by atoms with van der Waals surface area (Å²) in [6.45, 7) is -3.43. The first-order chi connectivity index (χ1) is 15.6. The highest BCUT2D eigenvalue weighted by Crippen LogP contribution is 2.62. The van der Waals surface area contributed by atoms with Gasteiger partial charge in [-0.05, 0) is 30.5 Å². The molecular formula is C21H15F6N3OS2. The second kappa shape index (κ2) is 7.63. The molecule has 3 heterocycles. The summed E-state index contributed by atoms with van der Waals surface area (Å²) in [5.41, 5.74) is -1.63. The quantitative estimate of drug-likeness (QED) is 0.491. The van der Waals surface area contributed by atoms with Gasteiger partial charge in [0.25, 0.3) is 0 Å². The van der Waals surface area contributed by atoms with Crippen molar-refractivity contribution in [2.75, 3.05) is 18.1 Å². The van der Waals surface area contributed by atoms with Crippen LogP contribution in [0.15, 0.2) is 40.7 Å². The maximum Gasteiger partial charge on any atom is 0.417 e. The number of nitriles is 1. The van der Waals surface area contributed by atoms with E-state index in [2.05, 4.69) is 9.73 Å². The lowest BCUT2D eigenvalue weighted by Crippen LogP contribution is -2.40. The minimum Gasteiger partial charge on any atom is -0.431 e. The van der Waals surface area contributed by atoms with Crippen molar-refractivity contribution < 1.29 is 31.1 Å². The topological polar surface area (TPSA) is 48.6 Å². The smallest absolute Gasteiger partial charge is 0.417 e. The van der Waals surface area contributed by atoms with E-state index >= 15 is 4.39 Å². The van der Waals surface area contributed by atoms with Crippen molar-refractivity contribution in [2.24, 2.45) is 4.99 Å². The van der Waals surface area contributed by atoms with Crippen molar-refractivity contribution in [1.82, 2.24) is 4.90 Å². The first-order valence-corrected chi connectivity index (χ1v) is 11.9. The van der Waals surface area contributed by atoms with Crippen molar-refractivity contribution in [2.45, 2.75) is 35.2 Å². The van der Waals surface area contributed by atoms with Gasteiger partial charge in [-0.25, -0.2) is 4.39 Å². The lowest BCUT2D eigenvalue weighted by molar-refractivity contribution is -0.0981. The summed E-state index contributed by atoms with van der Waals surface area (Å²) in [5.74, 6) is 0.0905. The number of benzene rings is 1. The predicted octanol–water partition coefficient (Wildman–Crippen LogP) is 5.62. The van der Waals surface area contributed by atoms with Gasteiger partial charge in [-0.1, -0.05) is 6.07 Å². The summed E-state index contributed by atoms with van der Waals surface area (Å²) < 4.78 is 85.5. The number of fused-ring (bicyclic) bond motifs is 4. The molecule has 2 spiro atoms. The van der Waals surface area contributed by atoms with E-state index in [9.17, 15) is 27.2 Å². The molecule has 12 heteroatoms. The van der Waals surface area contributed by atoms with E-state index in [-0.39, 0.29) is 17.9 Å². The average Bonchev–Trinajstić information content (AvgIpc) is 3.36. The largest absolute Gasteiger partial charge is 0.431 e. The molecule has 1 aromatic carbocycles. The number of halogens is 6. The molecule has 0 unspecified atom stereocenters. The Hall–Kier alpha value is -2.26. The molecule has 1 atom stereocenters. The molecule has 4 nitrogen and oxygen atoms in total. The number of rotatable bonds is 2. The van der Waals surface area contributed by atoms with Crippen molar-refractivity contribution in [3.63, 3.8) is 0 Å². The van der Waals surface area contributed by atoms with Crippen LogP contribution in [-0.2, 0) is 14.4 Å². The Morgan fingerprint density at radius 1 is 1.18 bits per heavy atom. The number of amidine groups is 1. The molecule has 174 valence electrons. The number of aliphatic imine (C=N–C) groups is 1. The van der Waals surface area contributed by atoms with Crippen LogP contribution in [0.25, 0.3) is 0 Å². The number of alkyl halides is 5. The van der Waals surface area contributed by atoms with E-state index in [1.165, 1.54) is 6.07 Å². The van der Waals surface area contributed by atoms with Crippen LogP contribution < -0.4 is 0 Å². The van der Waals surface area contributed by atoms with Gasteiger partial charge < -0.3 is 9.64 Å². The lowest BCUT2D eigenvalue weighted by Gasteiger charge is -2.42. The molecule has 33 heavy (non-hydrogen) atoms. The Bertz CT molecular complexity index is 1150. The summed E-state index contributed by atoms with van der Waals surface area (Å²) in [7, 11) is 0. The van der Waals surface area contributed by atoms with E-state index < -0.39 is 39.6 Å². The summed E-state index contributed by atoms with van der Waals surface area (Å²) in [4.78, 5) is 5.73. The highest BCUT2D eigenvalue weighted by atomic mass is 32.2. The number of thioether (sulfide) groups is 2. The van der Waals surface area contributed by atoms with Gasteiger partial charge >= 0.3 is 12.8 Å². The zero-order valence-electron chi connectivity index (χ0n) is 16.8. The number of ether oxygens (including phenoxy) is 1. The Morgan fingerprint density at radius 3 is 2.55 bits per heavy atom. The van der Waals surface area contributed by atoms with Crippen molar-refractivity contribution in [3.05, 3.63) is 58.2 Å². The maximum atomic E-state index is 15.5. The Labute approximate surface area is 193 Å². The summed E-state index contributed by atoms with van der Waals surface area (Å²) in [6, 6.07) is 4.77. The van der Waals surface area contributed by atoms with E-state index in [4.69, 9.17) is 0 Å². The van der Waals surface area contributed by atoms with Crippen LogP contribution in [-0.4, -0.2) is 41.6 Å². The molecule has 1 aliphatic carbocycles. The van der Waals surface area contributed by atoms with Crippen LogP contribution in [0.1, 0.15) is 29.5 Å². The van der Waals surface area contributed by atoms with Gasteiger partial charge in [0.05, 0.1) is 21.8 Å². The first-order valence-electron chi connectivity index (χ1n) is 9.92. The van der Waals surface area contributed by atoms with Crippen LogP contribution in [0.3, 0.4) is 0 Å². The van der Waals surface area contributed by atoms with Gasteiger partial charge in [0, 0.05) is 23.3 Å². The van der Waals surface area contributed by atoms with E-state index in [0.29, 0.717) is 30.0 Å². The van der Waals surface area contributed by atoms with Crippen molar-refractivity contribution in [3.8, 4) is 6.07 Å². The van der Waals surface area contributed by atoms with Gasteiger partial charge in [0.1, 0.15) is 17.4 Å². The van der Waals surface area contributed by atoms with E-state index in [0.717, 1.165) is 22.6 Å². The molecule has 0 radical (unpaired) electrons. The minimum absolute atomic E-state index is 0.0877. The molecule has 1 fully saturated rings. The zero-order chi connectivity index (χ0) is 23.6. The molecule has 0 saturated carbocycles. The molecule has 1 saturated heterocycles. The van der Waals surface area contributed by atoms with Gasteiger partial charge in [-0.3, -0.25) is 4.99 Å². The normalized spacial score (nSPS) is 25.5. The fourth-order valence-corrected chi connectivity index (χ4v) is 8.13. The highest BCUT2D eigenvalue weighted by Gasteiger charge is 2.55. The second-order valence-electron chi connectivity index (χ2n) is 7.98. The summed E-state index contributed by atoms with van der Waals surface area (Å²) in [6.07, 6.45) is -2.61. The Kier molecular flexibility index (Phi) is 5.21. The molecular weight excluding hydrogens is 488 g/mol. The Balaban J connectivity index is 1.67. The van der Waals surface area contributed by atoms with Gasteiger partial charge in [0.15, 0.2) is 11.6 Å². The number of nitrogens with zero attached hydrogens (tertiary/aromatic N) is 3. The van der Waals surface area contributed by atoms with E-state index in [1.54, 1.807) is 29.6 Å². The van der Waals surface area contributed by atoms with Gasteiger partial charge in [-0.2, -0.15) is 27.2 Å². The molecule has 0 amide bonds. The third kappa shape index (κ3) is 3.51. The maximum absolute atomic E-state index is 15.5. The molecule has 0 N–H and O–H groups in total. The highest BCUT2D eigenvalue weighted by molar-refractivity contribution is 8.20. The van der Waals surface area contributed by atoms with Crippen LogP contribution >= 0.6 is 23.5 Å². The monoisotopic (exact) mass is 503 g/mol. The molecule has 4 aliphatic rings. The second-order valence-corrected chi connectivity index (χ2v) is 11.0. The van der Waals surface area contributed by atoms with Crippen molar-refractivity contribution >= 4 is 29.4 Å². The summed E-state index contributed by atoms with van der Waals surface area (Å²) >= 11 is 3.16. The first kappa shape index (κ1) is 22.5. The predicted molar refractivity (Wildman–Crippen MR) is 112 cm³/mol. The number of hydrogen-bond acceptors (Lipinski definition) is 6. The lowest BCUT2D eigenvalue weighted by atomic mass is 9.75. The van der Waals surface area contributed by atoms with Gasteiger partial charge in [-0.15, -0.1) is 23.5 Å². The third-order valence-corrected chi connectivity index (χ3v) is 9.67. The third-order valence-electron chi connectivity index (χ3n) is 6.14. The van der Waals surface area contributed by atoms with Crippen molar-refractivity contribution in [1.29, 1.82) is 5.26 Å². The standard InChI is InChI=1S/C21H15F6N3OS2/c22-16-11(8-28)1-2-13-15(16)20(32-5-6-33-20)4-3-19(13)10-30-9-12(21(25,26)27)7-14(17(30)29-19)31-18(23)24/h1-2,7,9,18H,3-6,10H2/t19-/m1/s1. The summed E-state index contributed by atoms with van der Waals surface area (Å²) in [5, 5.41) is 9.35. The number of hydrogen-bond donors (Lipinski definition) is 0. The van der Waals surface area contributed by atoms with Crippen LogP contribution in [0.2, 0.25) is 0 Å². The van der Waals surface area contributed by atoms with Gasteiger partial charge in [0.2, 0.25) is 0 Å².